The van der Waals surface area contributed by atoms with Gasteiger partial charge in [0.2, 0.25) is 10.0 Å². The molecular formula is C13H20N4O2S2. The Hall–Kier alpha value is -1.22. The molecule has 2 aromatic heterocycles. The Morgan fingerprint density at radius 1 is 1.38 bits per heavy atom. The Bertz CT molecular complexity index is 676. The van der Waals surface area contributed by atoms with Crippen molar-refractivity contribution in [2.45, 2.75) is 24.8 Å². The Kier molecular flexibility index (Phi) is 5.51. The lowest BCUT2D eigenvalue weighted by atomic mass is 10.3. The number of sulfonamides is 1. The molecule has 21 heavy (non-hydrogen) atoms. The lowest BCUT2D eigenvalue weighted by Gasteiger charge is -2.08. The molecule has 2 N–H and O–H groups in total. The second-order valence-corrected chi connectivity index (χ2v) is 7.32. The lowest BCUT2D eigenvalue weighted by Crippen LogP contribution is -2.27. The summed E-state index contributed by atoms with van der Waals surface area (Å²) in [5.41, 5.74) is 0.996. The summed E-state index contributed by atoms with van der Waals surface area (Å²) in [4.78, 5) is 1.21. The first-order valence-electron chi connectivity index (χ1n) is 6.78. The summed E-state index contributed by atoms with van der Waals surface area (Å²) in [5, 5.41) is 9.03. The molecule has 8 heteroatoms. The molecule has 0 amide bonds. The van der Waals surface area contributed by atoms with Crippen LogP contribution in [0.5, 0.6) is 0 Å². The fourth-order valence-corrected chi connectivity index (χ4v) is 4.42. The number of aromatic nitrogens is 2. The van der Waals surface area contributed by atoms with Crippen molar-refractivity contribution < 1.29 is 8.42 Å². The molecule has 0 bridgehead atoms. The van der Waals surface area contributed by atoms with Crippen LogP contribution in [0, 0.1) is 0 Å². The van der Waals surface area contributed by atoms with E-state index in [1.807, 2.05) is 25.4 Å². The van der Waals surface area contributed by atoms with E-state index in [0.717, 1.165) is 17.1 Å². The highest BCUT2D eigenvalue weighted by Crippen LogP contribution is 2.21. The van der Waals surface area contributed by atoms with E-state index in [0.29, 0.717) is 24.4 Å². The third-order valence-corrected chi connectivity index (χ3v) is 5.72. The van der Waals surface area contributed by atoms with Gasteiger partial charge in [-0.3, -0.25) is 4.68 Å². The zero-order chi connectivity index (χ0) is 15.3. The van der Waals surface area contributed by atoms with Crippen molar-refractivity contribution in [2.75, 3.05) is 13.1 Å². The van der Waals surface area contributed by atoms with Crippen molar-refractivity contribution >= 4 is 21.4 Å². The minimum Gasteiger partial charge on any atom is -0.312 e. The van der Waals surface area contributed by atoms with Crippen LogP contribution in [0.1, 0.15) is 17.5 Å². The summed E-state index contributed by atoms with van der Waals surface area (Å²) in [7, 11) is -1.61. The number of nitrogens with one attached hydrogen (secondary N) is 2. The third-order valence-electron chi connectivity index (χ3n) is 3.13. The monoisotopic (exact) mass is 328 g/mol. The first-order valence-corrected chi connectivity index (χ1v) is 9.14. The van der Waals surface area contributed by atoms with Gasteiger partial charge in [-0.1, -0.05) is 6.92 Å². The Labute approximate surface area is 129 Å². The second kappa shape index (κ2) is 7.17. The minimum absolute atomic E-state index is 0.359. The fraction of sp³-hybridized carbons (Fsp3) is 0.462. The van der Waals surface area contributed by atoms with Gasteiger partial charge in [-0.2, -0.15) is 5.10 Å². The van der Waals surface area contributed by atoms with E-state index in [9.17, 15) is 8.42 Å². The van der Waals surface area contributed by atoms with E-state index >= 15 is 0 Å². The van der Waals surface area contributed by atoms with E-state index in [1.54, 1.807) is 16.9 Å². The van der Waals surface area contributed by atoms with Crippen LogP contribution in [0.4, 0.5) is 0 Å². The first-order chi connectivity index (χ1) is 10.0. The first kappa shape index (κ1) is 16.2. The van der Waals surface area contributed by atoms with Crippen LogP contribution in [0.3, 0.4) is 0 Å². The molecule has 0 fully saturated rings. The number of aryl methyl sites for hydroxylation is 1. The van der Waals surface area contributed by atoms with Gasteiger partial charge < -0.3 is 5.32 Å². The number of thiophene rings is 1. The summed E-state index contributed by atoms with van der Waals surface area (Å²) >= 11 is 1.45. The molecule has 0 aliphatic carbocycles. The molecule has 0 aromatic carbocycles. The molecule has 0 aliphatic rings. The summed E-state index contributed by atoms with van der Waals surface area (Å²) in [5.74, 6) is 0. The molecule has 0 radical (unpaired) electrons. The highest BCUT2D eigenvalue weighted by Gasteiger charge is 2.19. The van der Waals surface area contributed by atoms with E-state index in [4.69, 9.17) is 0 Å². The van der Waals surface area contributed by atoms with Crippen molar-refractivity contribution in [1.82, 2.24) is 19.8 Å². The maximum absolute atomic E-state index is 12.3. The van der Waals surface area contributed by atoms with Crippen LogP contribution in [0.2, 0.25) is 0 Å². The van der Waals surface area contributed by atoms with Crippen LogP contribution in [0.15, 0.2) is 28.6 Å². The maximum atomic E-state index is 12.3. The number of nitrogens with zero attached hydrogens (tertiary/aromatic N) is 2. The Morgan fingerprint density at radius 3 is 2.86 bits per heavy atom. The van der Waals surface area contributed by atoms with Crippen molar-refractivity contribution in [3.63, 3.8) is 0 Å². The largest absolute Gasteiger partial charge is 0.312 e. The fourth-order valence-electron chi connectivity index (χ4n) is 1.97. The van der Waals surface area contributed by atoms with Crippen LogP contribution in [-0.2, 0) is 30.0 Å². The van der Waals surface area contributed by atoms with Gasteiger partial charge in [-0.15, -0.1) is 11.3 Å². The van der Waals surface area contributed by atoms with Gasteiger partial charge in [0.1, 0.15) is 0 Å². The number of hydrogen-bond donors (Lipinski definition) is 2. The van der Waals surface area contributed by atoms with E-state index in [2.05, 4.69) is 15.1 Å². The second-order valence-electron chi connectivity index (χ2n) is 4.58. The Balaban J connectivity index is 1.98. The Morgan fingerprint density at radius 2 is 2.19 bits per heavy atom. The molecule has 2 aromatic rings. The normalized spacial score (nSPS) is 11.9. The summed E-state index contributed by atoms with van der Waals surface area (Å²) in [6, 6.07) is 3.54. The predicted molar refractivity (Wildman–Crippen MR) is 83.8 cm³/mol. The van der Waals surface area contributed by atoms with Crippen LogP contribution >= 0.6 is 11.3 Å². The summed E-state index contributed by atoms with van der Waals surface area (Å²) < 4.78 is 29.1. The molecule has 2 rings (SSSR count). The van der Waals surface area contributed by atoms with E-state index in [-0.39, 0.29) is 0 Å². The van der Waals surface area contributed by atoms with Gasteiger partial charge in [0, 0.05) is 43.3 Å². The predicted octanol–water partition coefficient (Wildman–Crippen LogP) is 1.11. The van der Waals surface area contributed by atoms with Crippen molar-refractivity contribution in [1.29, 1.82) is 0 Å². The van der Waals surface area contributed by atoms with E-state index in [1.165, 1.54) is 11.3 Å². The van der Waals surface area contributed by atoms with Crippen molar-refractivity contribution in [2.24, 2.45) is 7.05 Å². The van der Waals surface area contributed by atoms with Gasteiger partial charge in [0.25, 0.3) is 0 Å². The maximum Gasteiger partial charge on any atom is 0.241 e. The van der Waals surface area contributed by atoms with Crippen molar-refractivity contribution in [3.05, 3.63) is 34.3 Å². The minimum atomic E-state index is -3.45. The highest BCUT2D eigenvalue weighted by molar-refractivity contribution is 7.89. The van der Waals surface area contributed by atoms with Gasteiger partial charge in [0.05, 0.1) is 4.90 Å². The molecule has 0 spiro atoms. The average molecular weight is 328 g/mol. The molecule has 0 unspecified atom stereocenters. The van der Waals surface area contributed by atoms with Gasteiger partial charge >= 0.3 is 0 Å². The SMILES string of the molecule is CCNCc1sccc1S(=O)(=O)NCCc1ccnn1C. The molecule has 0 saturated heterocycles. The molecule has 6 nitrogen and oxygen atoms in total. The summed E-state index contributed by atoms with van der Waals surface area (Å²) in [6.45, 7) is 3.74. The summed E-state index contributed by atoms with van der Waals surface area (Å²) in [6.07, 6.45) is 2.32. The van der Waals surface area contributed by atoms with Crippen molar-refractivity contribution in [3.8, 4) is 0 Å². The van der Waals surface area contributed by atoms with Gasteiger partial charge in [0.15, 0.2) is 0 Å². The van der Waals surface area contributed by atoms with Gasteiger partial charge in [-0.25, -0.2) is 13.1 Å². The molecular weight excluding hydrogens is 308 g/mol. The van der Waals surface area contributed by atoms with Crippen LogP contribution < -0.4 is 10.0 Å². The smallest absolute Gasteiger partial charge is 0.241 e. The molecule has 0 aliphatic heterocycles. The quantitative estimate of drug-likeness (QED) is 0.761. The van der Waals surface area contributed by atoms with E-state index < -0.39 is 10.0 Å². The molecule has 2 heterocycles. The van der Waals surface area contributed by atoms with Gasteiger partial charge in [-0.05, 0) is 24.1 Å². The van der Waals surface area contributed by atoms with Crippen LogP contribution in [0.25, 0.3) is 0 Å². The zero-order valence-corrected chi connectivity index (χ0v) is 13.8. The highest BCUT2D eigenvalue weighted by atomic mass is 32.2. The average Bonchev–Trinajstić information content (AvgIpc) is 3.06. The molecule has 116 valence electrons. The lowest BCUT2D eigenvalue weighted by molar-refractivity contribution is 0.578. The number of rotatable bonds is 8. The topological polar surface area (TPSA) is 76.0 Å². The number of hydrogen-bond acceptors (Lipinski definition) is 5. The standard InChI is InChI=1S/C13H20N4O2S2/c1-3-14-10-12-13(6-9-20-12)21(18,19)16-8-5-11-4-7-15-17(11)2/h4,6-7,9,14,16H,3,5,8,10H2,1-2H3. The zero-order valence-electron chi connectivity index (χ0n) is 12.2. The third kappa shape index (κ3) is 4.13. The van der Waals surface area contributed by atoms with Crippen LogP contribution in [-0.4, -0.2) is 31.3 Å². The molecule has 0 atom stereocenters. The molecule has 0 saturated carbocycles.